The molecular weight excluding hydrogens is 571 g/mol. The molecule has 1 N–H and O–H groups in total. The summed E-state index contributed by atoms with van der Waals surface area (Å²) < 4.78 is 17.8. The topological polar surface area (TPSA) is 112 Å². The molecular formula is C33H35KN4O5. The molecule has 5 aromatic rings. The van der Waals surface area contributed by atoms with Crippen LogP contribution in [-0.4, -0.2) is 32.4 Å². The van der Waals surface area contributed by atoms with Gasteiger partial charge in [-0.3, -0.25) is 14.3 Å². The number of ether oxygens (including phenoxy) is 2. The van der Waals surface area contributed by atoms with E-state index in [9.17, 15) is 9.59 Å². The van der Waals surface area contributed by atoms with E-state index < -0.39 is 5.76 Å². The molecule has 218 valence electrons. The zero-order valence-electron chi connectivity index (χ0n) is 26.4. The van der Waals surface area contributed by atoms with E-state index in [1.165, 1.54) is 11.7 Å². The number of H-pyrrole nitrogens is 1. The first-order valence-electron chi connectivity index (χ1n) is 13.9. The van der Waals surface area contributed by atoms with Crippen LogP contribution >= 0.6 is 0 Å². The maximum absolute atomic E-state index is 14.0. The van der Waals surface area contributed by atoms with Crippen LogP contribution in [0.3, 0.4) is 0 Å². The molecule has 0 aliphatic rings. The first-order chi connectivity index (χ1) is 20.2. The second-order valence-electron chi connectivity index (χ2n) is 11.0. The van der Waals surface area contributed by atoms with Crippen LogP contribution < -0.4 is 72.2 Å². The second kappa shape index (κ2) is 14.0. The molecule has 0 bridgehead atoms. The Morgan fingerprint density at radius 3 is 2.21 bits per heavy atom. The van der Waals surface area contributed by atoms with Crippen molar-refractivity contribution in [1.82, 2.24) is 19.7 Å². The third-order valence-electron chi connectivity index (χ3n) is 6.69. The molecule has 0 amide bonds. The van der Waals surface area contributed by atoms with Crippen molar-refractivity contribution in [1.29, 1.82) is 0 Å². The minimum absolute atomic E-state index is 0. The van der Waals surface area contributed by atoms with Crippen molar-refractivity contribution in [3.05, 3.63) is 111 Å². The minimum atomic E-state index is -0.606. The molecule has 0 radical (unpaired) electrons. The average Bonchev–Trinajstić information content (AvgIpc) is 3.41. The molecule has 2 aromatic heterocycles. The predicted molar refractivity (Wildman–Crippen MR) is 163 cm³/mol. The Hall–Kier alpha value is -3.28. The van der Waals surface area contributed by atoms with Gasteiger partial charge in [0.25, 0.3) is 5.56 Å². The second-order valence-corrected chi connectivity index (χ2v) is 11.0. The summed E-state index contributed by atoms with van der Waals surface area (Å²) in [6, 6.07) is 23.2. The summed E-state index contributed by atoms with van der Waals surface area (Å²) in [6.45, 7) is 8.02. The fourth-order valence-corrected chi connectivity index (χ4v) is 4.87. The van der Waals surface area contributed by atoms with Gasteiger partial charge in [0.1, 0.15) is 11.4 Å². The van der Waals surface area contributed by atoms with Crippen LogP contribution in [0, 0.1) is 0 Å². The summed E-state index contributed by atoms with van der Waals surface area (Å²) >= 11 is 0. The molecule has 5 rings (SSSR count). The predicted octanol–water partition coefficient (Wildman–Crippen LogP) is 3.09. The van der Waals surface area contributed by atoms with Crippen molar-refractivity contribution in [2.24, 2.45) is 0 Å². The fourth-order valence-electron chi connectivity index (χ4n) is 4.87. The van der Waals surface area contributed by atoms with Crippen molar-refractivity contribution in [3.63, 3.8) is 0 Å². The van der Waals surface area contributed by atoms with Crippen LogP contribution in [-0.2, 0) is 12.8 Å². The molecule has 43 heavy (non-hydrogen) atoms. The van der Waals surface area contributed by atoms with Crippen molar-refractivity contribution in [2.45, 2.75) is 52.6 Å². The van der Waals surface area contributed by atoms with E-state index in [1.54, 1.807) is 0 Å². The van der Waals surface area contributed by atoms with E-state index >= 15 is 0 Å². The van der Waals surface area contributed by atoms with Gasteiger partial charge >= 0.3 is 63.2 Å². The molecule has 0 saturated heterocycles. The largest absolute Gasteiger partial charge is 1.00 e. The Morgan fingerprint density at radius 2 is 1.63 bits per heavy atom. The molecule has 0 aliphatic heterocycles. The van der Waals surface area contributed by atoms with Crippen LogP contribution in [0.5, 0.6) is 11.8 Å². The monoisotopic (exact) mass is 606 g/mol. The van der Waals surface area contributed by atoms with Crippen LogP contribution in [0.2, 0.25) is 0 Å². The van der Waals surface area contributed by atoms with Gasteiger partial charge in [0, 0.05) is 17.5 Å². The molecule has 3 aromatic carbocycles. The molecule has 0 aliphatic carbocycles. The van der Waals surface area contributed by atoms with E-state index in [4.69, 9.17) is 19.0 Å². The summed E-state index contributed by atoms with van der Waals surface area (Å²) in [6.07, 6.45) is 1.90. The van der Waals surface area contributed by atoms with Gasteiger partial charge in [0.05, 0.1) is 18.5 Å². The molecule has 0 fully saturated rings. The number of nitrogens with zero attached hydrogens (tertiary/aromatic N) is 3. The van der Waals surface area contributed by atoms with Gasteiger partial charge in [-0.15, -0.1) is 0 Å². The summed E-state index contributed by atoms with van der Waals surface area (Å²) in [4.78, 5) is 32.9. The number of nitrogens with one attached hydrogen (secondary N) is 1. The van der Waals surface area contributed by atoms with E-state index in [0.717, 1.165) is 34.4 Å². The summed E-state index contributed by atoms with van der Waals surface area (Å²) in [5.41, 5.74) is 5.05. The minimum Gasteiger partial charge on any atom is -1.00 e. The van der Waals surface area contributed by atoms with E-state index in [0.29, 0.717) is 35.7 Å². The first kappa shape index (κ1) is 32.6. The number of methoxy groups -OCH3 is 1. The Morgan fingerprint density at radius 1 is 0.953 bits per heavy atom. The molecule has 0 saturated carbocycles. The molecule has 2 heterocycles. The first-order valence-corrected chi connectivity index (χ1v) is 13.9. The Balaban J connectivity index is 0.00000264. The fraction of sp³-hybridized carbons (Fsp3) is 0.273. The van der Waals surface area contributed by atoms with Gasteiger partial charge < -0.3 is 10.9 Å². The average molecular weight is 607 g/mol. The van der Waals surface area contributed by atoms with Gasteiger partial charge in [-0.1, -0.05) is 67.0 Å². The number of benzene rings is 3. The Kier molecular flexibility index (Phi) is 10.6. The molecule has 0 unspecified atom stereocenters. The van der Waals surface area contributed by atoms with Crippen molar-refractivity contribution in [2.75, 3.05) is 7.11 Å². The van der Waals surface area contributed by atoms with Crippen LogP contribution in [0.25, 0.3) is 28.2 Å². The molecule has 10 heteroatoms. The van der Waals surface area contributed by atoms with Crippen molar-refractivity contribution < 1.29 is 66.8 Å². The van der Waals surface area contributed by atoms with Crippen LogP contribution in [0.1, 0.15) is 52.4 Å². The zero-order chi connectivity index (χ0) is 29.9. The summed E-state index contributed by atoms with van der Waals surface area (Å²) in [5.74, 6) is 0.475. The van der Waals surface area contributed by atoms with E-state index in [-0.39, 0.29) is 70.0 Å². The normalized spacial score (nSPS) is 11.2. The maximum Gasteiger partial charge on any atom is 1.00 e. The van der Waals surface area contributed by atoms with E-state index in [2.05, 4.69) is 17.1 Å². The van der Waals surface area contributed by atoms with E-state index in [1.807, 2.05) is 93.6 Å². The third kappa shape index (κ3) is 7.63. The van der Waals surface area contributed by atoms with Gasteiger partial charge in [-0.25, -0.2) is 14.3 Å². The van der Waals surface area contributed by atoms with Gasteiger partial charge in [0.15, 0.2) is 5.82 Å². The third-order valence-corrected chi connectivity index (χ3v) is 6.69. The number of aromatic amines is 1. The van der Waals surface area contributed by atoms with Gasteiger partial charge in [-0.2, -0.15) is 0 Å². The SMILES string of the molecule is CCCc1nc(OC)n(-c2ccc(OC(C)(C)C)cc2)c(=O)c1Cc1ccc(-c2ccccc2-c2noc(=O)[nH]2)cc1.[H-].[K+]. The number of hydrogen-bond acceptors (Lipinski definition) is 7. The maximum atomic E-state index is 14.0. The Bertz CT molecular complexity index is 1810. The molecule has 0 atom stereocenters. The number of aromatic nitrogens is 4. The van der Waals surface area contributed by atoms with Crippen molar-refractivity contribution in [3.8, 4) is 40.0 Å². The number of aryl methyl sites for hydroxylation is 1. The molecule has 9 nitrogen and oxygen atoms in total. The van der Waals surface area contributed by atoms with Gasteiger partial charge in [0.2, 0.25) is 0 Å². The molecule has 0 spiro atoms. The van der Waals surface area contributed by atoms with Crippen LogP contribution in [0.4, 0.5) is 0 Å². The Labute approximate surface area is 294 Å². The van der Waals surface area contributed by atoms with Gasteiger partial charge in [-0.05, 0) is 68.1 Å². The zero-order valence-corrected chi connectivity index (χ0v) is 28.6. The standard InChI is InChI=1S/C33H34N4O5.K.H/c1-6-9-28-27(30(38)37(31(34-28)40-5)23-16-18-24(19-17-23)41-33(2,3)4)20-21-12-14-22(15-13-21)25-10-7-8-11-26(25)29-35-32(39)42-36-29;;/h7-8,10-19H,6,9,20H2,1-5H3,(H,35,36,39);;/q;+1;-1. The quantitative estimate of drug-likeness (QED) is 0.257. The van der Waals surface area contributed by atoms with Crippen molar-refractivity contribution >= 4 is 0 Å². The summed E-state index contributed by atoms with van der Waals surface area (Å²) in [7, 11) is 1.52. The number of hydrogen-bond donors (Lipinski definition) is 1. The number of rotatable bonds is 9. The van der Waals surface area contributed by atoms with Crippen LogP contribution in [0.15, 0.2) is 86.9 Å². The smallest absolute Gasteiger partial charge is 1.00 e. The summed E-state index contributed by atoms with van der Waals surface area (Å²) in [5, 5.41) is 3.85.